The fourth-order valence-corrected chi connectivity index (χ4v) is 1.12. The van der Waals surface area contributed by atoms with Crippen LogP contribution in [0.2, 0.25) is 0 Å². The number of nitrogens with zero attached hydrogens (tertiary/aromatic N) is 3. The van der Waals surface area contributed by atoms with E-state index in [9.17, 15) is 10.1 Å². The normalized spacial score (nSPS) is 10.6. The number of furan rings is 1. The molecule has 1 N–H and O–H groups in total. The van der Waals surface area contributed by atoms with Gasteiger partial charge in [0.05, 0.1) is 12.6 Å². The van der Waals surface area contributed by atoms with Gasteiger partial charge in [0.25, 0.3) is 0 Å². The molecule has 0 radical (unpaired) electrons. The van der Waals surface area contributed by atoms with Gasteiger partial charge in [-0.2, -0.15) is 4.98 Å². The van der Waals surface area contributed by atoms with Crippen LogP contribution in [-0.4, -0.2) is 22.1 Å². The Hall–Kier alpha value is -2.22. The van der Waals surface area contributed by atoms with Crippen LogP contribution < -0.4 is 5.32 Å². The van der Waals surface area contributed by atoms with Gasteiger partial charge in [-0.25, -0.2) is 0 Å². The Balaban J connectivity index is 2.24. The maximum Gasteiger partial charge on any atom is 0.433 e. The first-order valence-electron chi connectivity index (χ1n) is 4.42. The number of rotatable bonds is 4. The minimum atomic E-state index is -0.627. The maximum atomic E-state index is 10.4. The summed E-state index contributed by atoms with van der Waals surface area (Å²) in [6, 6.07) is 2.66. The SMILES string of the molecule is CNCc1nc(-c2ccc([N+](=O)[O-])o2)no1. The first-order valence-corrected chi connectivity index (χ1v) is 4.42. The van der Waals surface area contributed by atoms with Gasteiger partial charge in [-0.05, 0) is 13.1 Å². The minimum Gasteiger partial charge on any atom is -0.397 e. The van der Waals surface area contributed by atoms with Crippen LogP contribution in [0.4, 0.5) is 5.88 Å². The van der Waals surface area contributed by atoms with Gasteiger partial charge in [0.1, 0.15) is 4.92 Å². The fourth-order valence-electron chi connectivity index (χ4n) is 1.12. The predicted molar refractivity (Wildman–Crippen MR) is 51.4 cm³/mol. The molecule has 2 aromatic rings. The van der Waals surface area contributed by atoms with Crippen molar-refractivity contribution in [1.82, 2.24) is 15.5 Å². The first-order chi connectivity index (χ1) is 7.70. The molecular formula is C8H8N4O4. The van der Waals surface area contributed by atoms with E-state index < -0.39 is 4.92 Å². The monoisotopic (exact) mass is 224 g/mol. The zero-order valence-electron chi connectivity index (χ0n) is 8.34. The molecular weight excluding hydrogens is 216 g/mol. The van der Waals surface area contributed by atoms with Crippen LogP contribution in [0.15, 0.2) is 21.1 Å². The van der Waals surface area contributed by atoms with E-state index in [1.807, 2.05) is 0 Å². The number of aromatic nitrogens is 2. The molecule has 2 rings (SSSR count). The van der Waals surface area contributed by atoms with Crippen molar-refractivity contribution in [1.29, 1.82) is 0 Å². The lowest BCUT2D eigenvalue weighted by Crippen LogP contribution is -2.04. The Morgan fingerprint density at radius 2 is 2.38 bits per heavy atom. The number of nitrogens with one attached hydrogen (secondary N) is 1. The Bertz CT molecular complexity index is 504. The smallest absolute Gasteiger partial charge is 0.397 e. The Morgan fingerprint density at radius 1 is 1.56 bits per heavy atom. The zero-order chi connectivity index (χ0) is 11.5. The van der Waals surface area contributed by atoms with Crippen molar-refractivity contribution in [2.45, 2.75) is 6.54 Å². The van der Waals surface area contributed by atoms with Crippen LogP contribution in [0.5, 0.6) is 0 Å². The molecule has 0 bridgehead atoms. The third-order valence-electron chi connectivity index (χ3n) is 1.79. The van der Waals surface area contributed by atoms with Crippen LogP contribution in [0.1, 0.15) is 5.89 Å². The average Bonchev–Trinajstić information content (AvgIpc) is 2.84. The van der Waals surface area contributed by atoms with Gasteiger partial charge in [-0.1, -0.05) is 5.16 Å². The van der Waals surface area contributed by atoms with Crippen LogP contribution in [-0.2, 0) is 6.54 Å². The van der Waals surface area contributed by atoms with Gasteiger partial charge in [0.15, 0.2) is 5.76 Å². The Labute approximate surface area is 89.4 Å². The van der Waals surface area contributed by atoms with Gasteiger partial charge in [0.2, 0.25) is 11.7 Å². The molecule has 0 amide bonds. The summed E-state index contributed by atoms with van der Waals surface area (Å²) in [5.41, 5.74) is 0. The van der Waals surface area contributed by atoms with Gasteiger partial charge < -0.3 is 14.3 Å². The highest BCUT2D eigenvalue weighted by Crippen LogP contribution is 2.23. The zero-order valence-corrected chi connectivity index (χ0v) is 8.34. The Kier molecular flexibility index (Phi) is 2.64. The molecule has 0 aromatic carbocycles. The molecule has 2 heterocycles. The third-order valence-corrected chi connectivity index (χ3v) is 1.79. The summed E-state index contributed by atoms with van der Waals surface area (Å²) in [6.45, 7) is 0.426. The highest BCUT2D eigenvalue weighted by Gasteiger charge is 2.17. The molecule has 0 saturated carbocycles. The second kappa shape index (κ2) is 4.11. The predicted octanol–water partition coefficient (Wildman–Crippen LogP) is 0.957. The lowest BCUT2D eigenvalue weighted by molar-refractivity contribution is -0.401. The van der Waals surface area contributed by atoms with Gasteiger partial charge in [-0.15, -0.1) is 0 Å². The van der Waals surface area contributed by atoms with E-state index in [1.54, 1.807) is 7.05 Å². The van der Waals surface area contributed by atoms with E-state index in [4.69, 9.17) is 8.94 Å². The van der Waals surface area contributed by atoms with E-state index in [0.717, 1.165) is 0 Å². The number of hydrogen-bond donors (Lipinski definition) is 1. The molecule has 0 spiro atoms. The van der Waals surface area contributed by atoms with Crippen LogP contribution in [0, 0.1) is 10.1 Å². The second-order valence-electron chi connectivity index (χ2n) is 2.94. The highest BCUT2D eigenvalue weighted by atomic mass is 16.6. The van der Waals surface area contributed by atoms with Crippen molar-refractivity contribution in [3.8, 4) is 11.6 Å². The van der Waals surface area contributed by atoms with Crippen molar-refractivity contribution in [2.75, 3.05) is 7.05 Å². The van der Waals surface area contributed by atoms with Crippen molar-refractivity contribution >= 4 is 5.88 Å². The lowest BCUT2D eigenvalue weighted by atomic mass is 10.4. The molecule has 0 aliphatic carbocycles. The standard InChI is InChI=1S/C8H8N4O4/c1-9-4-6-10-8(11-16-6)5-2-3-7(15-5)12(13)14/h2-3,9H,4H2,1H3. The van der Waals surface area contributed by atoms with E-state index in [-0.39, 0.29) is 17.5 Å². The van der Waals surface area contributed by atoms with Crippen molar-refractivity contribution in [3.05, 3.63) is 28.1 Å². The van der Waals surface area contributed by atoms with Crippen molar-refractivity contribution < 1.29 is 13.9 Å². The summed E-state index contributed by atoms with van der Waals surface area (Å²) in [6.07, 6.45) is 0. The molecule has 0 fully saturated rings. The van der Waals surface area contributed by atoms with Gasteiger partial charge in [-0.3, -0.25) is 10.1 Å². The van der Waals surface area contributed by atoms with Gasteiger partial charge in [0, 0.05) is 0 Å². The quantitative estimate of drug-likeness (QED) is 0.608. The molecule has 84 valence electrons. The fraction of sp³-hybridized carbons (Fsp3) is 0.250. The molecule has 8 heteroatoms. The maximum absolute atomic E-state index is 10.4. The molecule has 0 atom stereocenters. The van der Waals surface area contributed by atoms with E-state index in [1.165, 1.54) is 12.1 Å². The third kappa shape index (κ3) is 1.91. The number of nitro groups is 1. The topological polar surface area (TPSA) is 107 Å². The summed E-state index contributed by atoms with van der Waals surface area (Å²) in [5.74, 6) is 0.433. The highest BCUT2D eigenvalue weighted by molar-refractivity contribution is 5.47. The van der Waals surface area contributed by atoms with Crippen LogP contribution in [0.3, 0.4) is 0 Å². The molecule has 16 heavy (non-hydrogen) atoms. The van der Waals surface area contributed by atoms with Crippen LogP contribution >= 0.6 is 0 Å². The minimum absolute atomic E-state index is 0.193. The van der Waals surface area contributed by atoms with Crippen molar-refractivity contribution in [2.24, 2.45) is 0 Å². The summed E-state index contributed by atoms with van der Waals surface area (Å²) < 4.78 is 9.79. The molecule has 8 nitrogen and oxygen atoms in total. The number of hydrogen-bond acceptors (Lipinski definition) is 7. The molecule has 2 aromatic heterocycles. The summed E-state index contributed by atoms with van der Waals surface area (Å²) >= 11 is 0. The molecule has 0 unspecified atom stereocenters. The van der Waals surface area contributed by atoms with Gasteiger partial charge >= 0.3 is 5.88 Å². The van der Waals surface area contributed by atoms with E-state index >= 15 is 0 Å². The second-order valence-corrected chi connectivity index (χ2v) is 2.94. The van der Waals surface area contributed by atoms with E-state index in [0.29, 0.717) is 12.4 Å². The molecule has 0 aliphatic rings. The van der Waals surface area contributed by atoms with Crippen molar-refractivity contribution in [3.63, 3.8) is 0 Å². The van der Waals surface area contributed by atoms with Crippen LogP contribution in [0.25, 0.3) is 11.6 Å². The summed E-state index contributed by atoms with van der Waals surface area (Å²) in [5, 5.41) is 16.9. The molecule has 0 saturated heterocycles. The largest absolute Gasteiger partial charge is 0.433 e. The lowest BCUT2D eigenvalue weighted by Gasteiger charge is -1.86. The van der Waals surface area contributed by atoms with E-state index in [2.05, 4.69) is 15.5 Å². The Morgan fingerprint density at radius 3 is 3.00 bits per heavy atom. The average molecular weight is 224 g/mol. The summed E-state index contributed by atoms with van der Waals surface area (Å²) in [4.78, 5) is 13.8. The molecule has 0 aliphatic heterocycles. The summed E-state index contributed by atoms with van der Waals surface area (Å²) in [7, 11) is 1.74. The first kappa shape index (κ1) is 10.3.